The van der Waals surface area contributed by atoms with E-state index in [1.165, 1.54) is 18.2 Å². The molecule has 2 aromatic heterocycles. The van der Waals surface area contributed by atoms with Gasteiger partial charge in [0.1, 0.15) is 5.03 Å². The van der Waals surface area contributed by atoms with Gasteiger partial charge < -0.3 is 4.90 Å². The molecule has 3 heterocycles. The average molecular weight is 382 g/mol. The lowest BCUT2D eigenvalue weighted by Gasteiger charge is -2.29. The second kappa shape index (κ2) is 8.08. The van der Waals surface area contributed by atoms with Crippen molar-refractivity contribution in [3.05, 3.63) is 42.5 Å². The zero-order chi connectivity index (χ0) is 18.6. The number of hydrogen-bond donors (Lipinski definition) is 0. The fraction of sp³-hybridized carbons (Fsp3) is 0.400. The second-order valence-electron chi connectivity index (χ2n) is 6.73. The molecule has 0 aliphatic carbocycles. The first-order valence-electron chi connectivity index (χ1n) is 9.49. The summed E-state index contributed by atoms with van der Waals surface area (Å²) in [6, 6.07) is 13.7. The second-order valence-corrected chi connectivity index (χ2v) is 7.95. The van der Waals surface area contributed by atoms with Crippen LogP contribution in [0.1, 0.15) is 32.6 Å². The number of amides is 1. The van der Waals surface area contributed by atoms with Crippen LogP contribution in [-0.2, 0) is 4.79 Å². The molecule has 1 amide bonds. The van der Waals surface area contributed by atoms with Gasteiger partial charge in [-0.3, -0.25) is 4.79 Å². The first kappa shape index (κ1) is 18.0. The van der Waals surface area contributed by atoms with Crippen molar-refractivity contribution < 1.29 is 4.79 Å². The van der Waals surface area contributed by atoms with Crippen molar-refractivity contribution in [1.29, 1.82) is 0 Å². The maximum absolute atomic E-state index is 12.9. The molecule has 140 valence electrons. The van der Waals surface area contributed by atoms with Crippen molar-refractivity contribution in [1.82, 2.24) is 24.7 Å². The normalized spacial score (nSPS) is 15.8. The van der Waals surface area contributed by atoms with Crippen LogP contribution in [0.15, 0.2) is 47.5 Å². The maximum atomic E-state index is 12.9. The van der Waals surface area contributed by atoms with Crippen LogP contribution >= 0.6 is 11.8 Å². The Bertz CT molecular complexity index is 921. The zero-order valence-electron chi connectivity index (χ0n) is 15.4. The van der Waals surface area contributed by atoms with E-state index in [9.17, 15) is 4.79 Å². The van der Waals surface area contributed by atoms with Crippen molar-refractivity contribution in [3.8, 4) is 11.4 Å². The number of thioether (sulfide) groups is 1. The van der Waals surface area contributed by atoms with Crippen LogP contribution in [0.5, 0.6) is 0 Å². The molecule has 0 spiro atoms. The highest BCUT2D eigenvalue weighted by Crippen LogP contribution is 2.27. The van der Waals surface area contributed by atoms with E-state index in [1.807, 2.05) is 47.4 Å². The summed E-state index contributed by atoms with van der Waals surface area (Å²) in [5, 5.41) is 13.9. The number of hydrogen-bond acceptors (Lipinski definition) is 5. The van der Waals surface area contributed by atoms with Gasteiger partial charge in [-0.1, -0.05) is 49.0 Å². The third-order valence-corrected chi connectivity index (χ3v) is 6.13. The van der Waals surface area contributed by atoms with E-state index in [1.54, 1.807) is 4.52 Å². The molecule has 27 heavy (non-hydrogen) atoms. The highest BCUT2D eigenvalue weighted by Gasteiger charge is 2.25. The first-order chi connectivity index (χ1) is 13.3. The predicted octanol–water partition coefficient (Wildman–Crippen LogP) is 3.67. The molecule has 0 radical (unpaired) electrons. The van der Waals surface area contributed by atoms with Crippen molar-refractivity contribution in [2.24, 2.45) is 0 Å². The van der Waals surface area contributed by atoms with Crippen LogP contribution in [0.3, 0.4) is 0 Å². The Labute approximate surface area is 163 Å². The number of benzene rings is 1. The molecule has 3 aromatic rings. The highest BCUT2D eigenvalue weighted by molar-refractivity contribution is 8.00. The van der Waals surface area contributed by atoms with Gasteiger partial charge >= 0.3 is 0 Å². The van der Waals surface area contributed by atoms with E-state index in [4.69, 9.17) is 5.10 Å². The summed E-state index contributed by atoms with van der Waals surface area (Å²) in [5.41, 5.74) is 1.67. The first-order valence-corrected chi connectivity index (χ1v) is 10.4. The molecule has 1 unspecified atom stereocenters. The Hall–Kier alpha value is -2.41. The number of carbonyl (C=O) groups is 1. The summed E-state index contributed by atoms with van der Waals surface area (Å²) < 4.78 is 1.76. The van der Waals surface area contributed by atoms with Gasteiger partial charge in [-0.15, -0.1) is 10.2 Å². The van der Waals surface area contributed by atoms with Gasteiger partial charge in [0.15, 0.2) is 11.5 Å². The zero-order valence-corrected chi connectivity index (χ0v) is 16.2. The van der Waals surface area contributed by atoms with Crippen molar-refractivity contribution in [2.45, 2.75) is 42.9 Å². The molecule has 1 atom stereocenters. The number of nitrogens with zero attached hydrogens (tertiary/aromatic N) is 5. The molecule has 1 aliphatic rings. The van der Waals surface area contributed by atoms with Crippen molar-refractivity contribution in [3.63, 3.8) is 0 Å². The molecule has 0 bridgehead atoms. The van der Waals surface area contributed by atoms with Gasteiger partial charge in [-0.25, -0.2) is 0 Å². The smallest absolute Gasteiger partial charge is 0.236 e. The van der Waals surface area contributed by atoms with E-state index in [0.29, 0.717) is 11.5 Å². The third-order valence-electron chi connectivity index (χ3n) is 4.85. The van der Waals surface area contributed by atoms with Crippen molar-refractivity contribution in [2.75, 3.05) is 13.1 Å². The maximum Gasteiger partial charge on any atom is 0.236 e. The number of piperidine rings is 1. The minimum Gasteiger partial charge on any atom is -0.342 e. The molecule has 1 saturated heterocycles. The Kier molecular flexibility index (Phi) is 5.38. The number of aromatic nitrogens is 4. The van der Waals surface area contributed by atoms with Gasteiger partial charge in [0.2, 0.25) is 5.91 Å². The third kappa shape index (κ3) is 3.83. The van der Waals surface area contributed by atoms with E-state index < -0.39 is 0 Å². The number of fused-ring (bicyclic) bond motifs is 1. The van der Waals surface area contributed by atoms with Crippen LogP contribution < -0.4 is 0 Å². The van der Waals surface area contributed by atoms with E-state index >= 15 is 0 Å². The average Bonchev–Trinajstić information content (AvgIpc) is 3.16. The number of likely N-dealkylation sites (tertiary alicyclic amines) is 1. The van der Waals surface area contributed by atoms with E-state index in [0.717, 1.165) is 42.9 Å². The van der Waals surface area contributed by atoms with Gasteiger partial charge in [0.25, 0.3) is 0 Å². The van der Waals surface area contributed by atoms with Crippen LogP contribution in [0.25, 0.3) is 17.0 Å². The van der Waals surface area contributed by atoms with Crippen molar-refractivity contribution >= 4 is 23.3 Å². The van der Waals surface area contributed by atoms with Gasteiger partial charge in [0, 0.05) is 18.7 Å². The highest BCUT2D eigenvalue weighted by atomic mass is 32.2. The lowest BCUT2D eigenvalue weighted by atomic mass is 10.1. The summed E-state index contributed by atoms with van der Waals surface area (Å²) in [6.45, 7) is 3.82. The molecule has 0 N–H and O–H groups in total. The van der Waals surface area contributed by atoms with Gasteiger partial charge in [0.05, 0.1) is 5.25 Å². The molecule has 4 rings (SSSR count). The summed E-state index contributed by atoms with van der Waals surface area (Å²) in [7, 11) is 0. The Morgan fingerprint density at radius 2 is 1.85 bits per heavy atom. The Morgan fingerprint density at radius 1 is 1.07 bits per heavy atom. The topological polar surface area (TPSA) is 63.4 Å². The molecule has 1 aromatic carbocycles. The molecule has 7 heteroatoms. The summed E-state index contributed by atoms with van der Waals surface area (Å²) in [5.74, 6) is 0.944. The monoisotopic (exact) mass is 381 g/mol. The fourth-order valence-corrected chi connectivity index (χ4v) is 4.36. The predicted molar refractivity (Wildman–Crippen MR) is 107 cm³/mol. The Balaban J connectivity index is 1.58. The minimum absolute atomic E-state index is 0.107. The summed E-state index contributed by atoms with van der Waals surface area (Å²) in [6.07, 6.45) is 4.23. The van der Waals surface area contributed by atoms with Gasteiger partial charge in [-0.05, 0) is 37.8 Å². The lowest BCUT2D eigenvalue weighted by Crippen LogP contribution is -2.40. The molecule has 1 aliphatic heterocycles. The molecular formula is C20H23N5OS. The van der Waals surface area contributed by atoms with Crippen LogP contribution in [0.4, 0.5) is 0 Å². The van der Waals surface area contributed by atoms with Crippen LogP contribution in [-0.4, -0.2) is 49.0 Å². The molecule has 1 fully saturated rings. The van der Waals surface area contributed by atoms with E-state index in [2.05, 4.69) is 17.1 Å². The number of carbonyl (C=O) groups excluding carboxylic acids is 1. The van der Waals surface area contributed by atoms with E-state index in [-0.39, 0.29) is 11.2 Å². The quantitative estimate of drug-likeness (QED) is 0.631. The number of rotatable bonds is 5. The largest absolute Gasteiger partial charge is 0.342 e. The molecule has 0 saturated carbocycles. The summed E-state index contributed by atoms with van der Waals surface area (Å²) in [4.78, 5) is 14.9. The van der Waals surface area contributed by atoms with Crippen LogP contribution in [0, 0.1) is 0 Å². The minimum atomic E-state index is -0.107. The Morgan fingerprint density at radius 3 is 2.59 bits per heavy atom. The standard InChI is InChI=1S/C20H23N5OS/c1-2-16(20(26)24-13-7-4-8-14-24)27-18-12-11-17-21-22-19(25(17)23-18)15-9-5-3-6-10-15/h3,5-6,9-12,16H,2,4,7-8,13-14H2,1H3. The van der Waals surface area contributed by atoms with Gasteiger partial charge in [-0.2, -0.15) is 9.61 Å². The molecular weight excluding hydrogens is 358 g/mol. The summed E-state index contributed by atoms with van der Waals surface area (Å²) >= 11 is 1.53. The van der Waals surface area contributed by atoms with Crippen LogP contribution in [0.2, 0.25) is 0 Å². The molecule has 6 nitrogen and oxygen atoms in total. The SMILES string of the molecule is CCC(Sc1ccc2nnc(-c3ccccc3)n2n1)C(=O)N1CCCCC1. The lowest BCUT2D eigenvalue weighted by molar-refractivity contribution is -0.131. The fourth-order valence-electron chi connectivity index (χ4n) is 3.37.